The van der Waals surface area contributed by atoms with E-state index in [0.29, 0.717) is 11.2 Å². The summed E-state index contributed by atoms with van der Waals surface area (Å²) in [7, 11) is 0. The monoisotopic (exact) mass is 323 g/mol. The molecule has 4 N–H and O–H groups in total. The van der Waals surface area contributed by atoms with Crippen LogP contribution in [0.1, 0.15) is 20.1 Å². The largest absolute Gasteiger partial charge is 0.394 e. The topological polar surface area (TPSA) is 138 Å². The molecule has 23 heavy (non-hydrogen) atoms. The molecule has 0 amide bonds. The van der Waals surface area contributed by atoms with Crippen molar-refractivity contribution in [2.75, 3.05) is 12.3 Å². The summed E-state index contributed by atoms with van der Waals surface area (Å²) in [5.41, 5.74) is 5.85. The molecule has 2 aromatic rings. The van der Waals surface area contributed by atoms with Gasteiger partial charge in [-0.2, -0.15) is 4.98 Å². The fourth-order valence-corrected chi connectivity index (χ4v) is 3.17. The van der Waals surface area contributed by atoms with Crippen molar-refractivity contribution in [2.24, 2.45) is 0 Å². The van der Waals surface area contributed by atoms with Crippen molar-refractivity contribution < 1.29 is 19.3 Å². The Labute approximate surface area is 130 Å². The molecule has 0 spiro atoms. The highest BCUT2D eigenvalue weighted by Gasteiger charge is 2.55. The van der Waals surface area contributed by atoms with Crippen LogP contribution >= 0.6 is 0 Å². The van der Waals surface area contributed by atoms with Gasteiger partial charge in [-0.3, -0.25) is 9.55 Å². The summed E-state index contributed by atoms with van der Waals surface area (Å²) >= 11 is 0. The van der Waals surface area contributed by atoms with Crippen LogP contribution < -0.4 is 11.4 Å². The normalized spacial score (nSPS) is 32.5. The molecule has 0 unspecified atom stereocenters. The van der Waals surface area contributed by atoms with Crippen LogP contribution in [0.25, 0.3) is 11.2 Å². The summed E-state index contributed by atoms with van der Waals surface area (Å²) in [5.74, 6) is -0.651. The Morgan fingerprint density at radius 3 is 2.91 bits per heavy atom. The van der Waals surface area contributed by atoms with E-state index in [4.69, 9.17) is 19.9 Å². The van der Waals surface area contributed by atoms with Crippen molar-refractivity contribution in [3.8, 4) is 0 Å². The Morgan fingerprint density at radius 1 is 1.43 bits per heavy atom. The zero-order valence-corrected chi connectivity index (χ0v) is 12.6. The van der Waals surface area contributed by atoms with Gasteiger partial charge in [-0.15, -0.1) is 0 Å². The molecule has 10 heteroatoms. The number of aromatic nitrogens is 4. The second-order valence-corrected chi connectivity index (χ2v) is 6.09. The van der Waals surface area contributed by atoms with Crippen LogP contribution in [0.2, 0.25) is 0 Å². The van der Waals surface area contributed by atoms with Crippen LogP contribution in [0.5, 0.6) is 0 Å². The highest BCUT2D eigenvalue weighted by Crippen LogP contribution is 2.43. The number of nitrogens with zero attached hydrogens (tertiary/aromatic N) is 3. The van der Waals surface area contributed by atoms with Gasteiger partial charge < -0.3 is 25.1 Å². The Bertz CT molecular complexity index is 815. The predicted octanol–water partition coefficient (Wildman–Crippen LogP) is -0.888. The number of imidazole rings is 1. The van der Waals surface area contributed by atoms with Crippen LogP contribution in [0.15, 0.2) is 11.1 Å². The molecule has 2 aromatic heterocycles. The summed E-state index contributed by atoms with van der Waals surface area (Å²) in [6.45, 7) is 3.38. The fraction of sp³-hybridized carbons (Fsp3) is 0.615. The van der Waals surface area contributed by atoms with E-state index in [-0.39, 0.29) is 12.4 Å². The SMILES string of the molecule is CC1(C)O[C@@H]2[C@H](O1)[C@@H](CO)O[C@H]2n1cnc2c(N)[nH]c(=O)nc21. The number of ether oxygens (including phenoxy) is 3. The first kappa shape index (κ1) is 14.6. The summed E-state index contributed by atoms with van der Waals surface area (Å²) in [6.07, 6.45) is -0.558. The van der Waals surface area contributed by atoms with Gasteiger partial charge in [-0.25, -0.2) is 9.78 Å². The lowest BCUT2D eigenvalue weighted by Crippen LogP contribution is -2.31. The number of rotatable bonds is 2. The number of aliphatic hydroxyl groups is 1. The number of nitrogen functional groups attached to an aromatic ring is 1. The lowest BCUT2D eigenvalue weighted by molar-refractivity contribution is -0.199. The highest BCUT2D eigenvalue weighted by molar-refractivity contribution is 5.81. The van der Waals surface area contributed by atoms with Crippen LogP contribution in [-0.2, 0) is 14.2 Å². The van der Waals surface area contributed by atoms with Crippen molar-refractivity contribution in [2.45, 2.75) is 44.2 Å². The van der Waals surface area contributed by atoms with E-state index in [1.807, 2.05) is 0 Å². The molecule has 0 saturated carbocycles. The van der Waals surface area contributed by atoms with Crippen molar-refractivity contribution in [1.29, 1.82) is 0 Å². The summed E-state index contributed by atoms with van der Waals surface area (Å²) in [6, 6.07) is 0. The van der Waals surface area contributed by atoms with Gasteiger partial charge in [-0.05, 0) is 13.8 Å². The Morgan fingerprint density at radius 2 is 2.17 bits per heavy atom. The number of aromatic amines is 1. The van der Waals surface area contributed by atoms with E-state index in [2.05, 4.69) is 15.0 Å². The van der Waals surface area contributed by atoms with Gasteiger partial charge in [0.25, 0.3) is 0 Å². The minimum absolute atomic E-state index is 0.135. The number of nitrogens with two attached hydrogens (primary N) is 1. The number of nitrogens with one attached hydrogen (secondary N) is 1. The molecule has 2 aliphatic heterocycles. The third kappa shape index (κ3) is 2.14. The fourth-order valence-electron chi connectivity index (χ4n) is 3.17. The zero-order chi connectivity index (χ0) is 16.4. The molecule has 0 aromatic carbocycles. The minimum atomic E-state index is -0.787. The molecule has 0 radical (unpaired) electrons. The molecule has 4 rings (SSSR count). The maximum absolute atomic E-state index is 11.6. The van der Waals surface area contributed by atoms with Gasteiger partial charge in [0.1, 0.15) is 29.6 Å². The summed E-state index contributed by atoms with van der Waals surface area (Å²) in [4.78, 5) is 22.1. The number of fused-ring (bicyclic) bond motifs is 2. The summed E-state index contributed by atoms with van der Waals surface area (Å²) in [5, 5.41) is 9.52. The first-order valence-corrected chi connectivity index (χ1v) is 7.24. The average Bonchev–Trinajstić information content (AvgIpc) is 3.09. The maximum atomic E-state index is 11.6. The number of aliphatic hydroxyl groups excluding tert-OH is 1. The number of hydrogen-bond donors (Lipinski definition) is 3. The summed E-state index contributed by atoms with van der Waals surface area (Å²) < 4.78 is 19.1. The third-order valence-corrected chi connectivity index (χ3v) is 4.05. The second-order valence-electron chi connectivity index (χ2n) is 6.09. The van der Waals surface area contributed by atoms with Gasteiger partial charge in [-0.1, -0.05) is 0 Å². The van der Waals surface area contributed by atoms with Gasteiger partial charge in [0.15, 0.2) is 17.7 Å². The van der Waals surface area contributed by atoms with E-state index in [9.17, 15) is 9.90 Å². The van der Waals surface area contributed by atoms with E-state index in [1.54, 1.807) is 18.4 Å². The van der Waals surface area contributed by atoms with Crippen molar-refractivity contribution in [3.63, 3.8) is 0 Å². The standard InChI is InChI=1S/C13H17N5O5/c1-13(2)22-7-5(3-19)21-11(8(7)23-13)18-4-15-6-9(14)16-12(20)17-10(6)18/h4-5,7-8,11,19H,3H2,1-2H3,(H3,14,16,17,20)/t5-,7-,8-,11-/m1/s1. The molecule has 10 nitrogen and oxygen atoms in total. The van der Waals surface area contributed by atoms with Crippen molar-refractivity contribution >= 4 is 17.0 Å². The molecular formula is C13H17N5O5. The molecule has 2 aliphatic rings. The lowest BCUT2D eigenvalue weighted by atomic mass is 10.1. The van der Waals surface area contributed by atoms with Crippen LogP contribution in [0.3, 0.4) is 0 Å². The van der Waals surface area contributed by atoms with Crippen LogP contribution in [0, 0.1) is 0 Å². The average molecular weight is 323 g/mol. The Balaban J connectivity index is 1.80. The molecule has 4 heterocycles. The van der Waals surface area contributed by atoms with Gasteiger partial charge in [0.2, 0.25) is 0 Å². The number of anilines is 1. The molecule has 0 aliphatic carbocycles. The van der Waals surface area contributed by atoms with Crippen LogP contribution in [-0.4, -0.2) is 55.3 Å². The molecule has 2 saturated heterocycles. The van der Waals surface area contributed by atoms with Gasteiger partial charge in [0, 0.05) is 0 Å². The molecular weight excluding hydrogens is 306 g/mol. The first-order chi connectivity index (χ1) is 10.9. The van der Waals surface area contributed by atoms with Gasteiger partial charge >= 0.3 is 5.69 Å². The van der Waals surface area contributed by atoms with E-state index < -0.39 is 36.0 Å². The molecule has 124 valence electrons. The van der Waals surface area contributed by atoms with Crippen molar-refractivity contribution in [3.05, 3.63) is 16.8 Å². The Kier molecular flexibility index (Phi) is 3.00. The minimum Gasteiger partial charge on any atom is -0.394 e. The zero-order valence-electron chi connectivity index (χ0n) is 12.6. The number of hydrogen-bond acceptors (Lipinski definition) is 8. The van der Waals surface area contributed by atoms with Crippen LogP contribution in [0.4, 0.5) is 5.82 Å². The predicted molar refractivity (Wildman–Crippen MR) is 77.4 cm³/mol. The quantitative estimate of drug-likeness (QED) is 0.647. The van der Waals surface area contributed by atoms with E-state index in [0.717, 1.165) is 0 Å². The molecule has 2 fully saturated rings. The molecule has 0 bridgehead atoms. The van der Waals surface area contributed by atoms with E-state index >= 15 is 0 Å². The van der Waals surface area contributed by atoms with Crippen molar-refractivity contribution in [1.82, 2.24) is 19.5 Å². The Hall–Kier alpha value is -2.01. The molecule has 4 atom stereocenters. The smallest absolute Gasteiger partial charge is 0.348 e. The third-order valence-electron chi connectivity index (χ3n) is 4.05. The van der Waals surface area contributed by atoms with Gasteiger partial charge in [0.05, 0.1) is 12.9 Å². The maximum Gasteiger partial charge on any atom is 0.348 e. The highest BCUT2D eigenvalue weighted by atomic mass is 16.8. The number of H-pyrrole nitrogens is 1. The second kappa shape index (κ2) is 4.74. The lowest BCUT2D eigenvalue weighted by Gasteiger charge is -2.24. The van der Waals surface area contributed by atoms with E-state index in [1.165, 1.54) is 6.33 Å². The first-order valence-electron chi connectivity index (χ1n) is 7.24.